The van der Waals surface area contributed by atoms with E-state index in [0.717, 1.165) is 31.7 Å². The number of nitriles is 1. The van der Waals surface area contributed by atoms with E-state index in [1.54, 1.807) is 6.07 Å². The first-order chi connectivity index (χ1) is 10.5. The van der Waals surface area contributed by atoms with Crippen LogP contribution >= 0.6 is 0 Å². The van der Waals surface area contributed by atoms with Gasteiger partial charge in [-0.3, -0.25) is 14.9 Å². The number of rotatable bonds is 2. The third-order valence-electron chi connectivity index (χ3n) is 3.66. The molecular weight excluding hydrogens is 290 g/mol. The first-order valence-electron chi connectivity index (χ1n) is 6.90. The minimum absolute atomic E-state index is 0.323. The number of hydrogen-bond donors (Lipinski definition) is 2. The average Bonchev–Trinajstić information content (AvgIpc) is 2.77. The number of likely N-dealkylation sites (tertiary alicyclic amines) is 1. The van der Waals surface area contributed by atoms with Gasteiger partial charge in [-0.1, -0.05) is 12.8 Å². The van der Waals surface area contributed by atoms with E-state index < -0.39 is 33.6 Å². The summed E-state index contributed by atoms with van der Waals surface area (Å²) in [5, 5.41) is 39.5. The third-order valence-corrected chi connectivity index (χ3v) is 3.66. The zero-order valence-electron chi connectivity index (χ0n) is 11.8. The Labute approximate surface area is 126 Å². The molecule has 2 rings (SSSR count). The van der Waals surface area contributed by atoms with Crippen LogP contribution < -0.4 is 0 Å². The number of nitrogens with zero attached hydrogens (tertiary/aromatic N) is 3. The fourth-order valence-electron chi connectivity index (χ4n) is 2.56. The van der Waals surface area contributed by atoms with E-state index >= 15 is 0 Å². The zero-order valence-corrected chi connectivity index (χ0v) is 11.8. The summed E-state index contributed by atoms with van der Waals surface area (Å²) in [5.74, 6) is -2.46. The van der Waals surface area contributed by atoms with Gasteiger partial charge in [0, 0.05) is 19.2 Å². The third kappa shape index (κ3) is 2.79. The molecule has 2 N–H and O–H groups in total. The molecule has 1 heterocycles. The highest BCUT2D eigenvalue weighted by molar-refractivity contribution is 6.02. The number of aromatic hydroxyl groups is 2. The Morgan fingerprint density at radius 2 is 1.86 bits per heavy atom. The van der Waals surface area contributed by atoms with Gasteiger partial charge in [0.15, 0.2) is 5.75 Å². The van der Waals surface area contributed by atoms with Crippen molar-refractivity contribution >= 4 is 11.6 Å². The lowest BCUT2D eigenvalue weighted by Gasteiger charge is -2.21. The molecule has 1 aromatic carbocycles. The Morgan fingerprint density at radius 3 is 2.36 bits per heavy atom. The van der Waals surface area contributed by atoms with Crippen LogP contribution in [0.25, 0.3) is 0 Å². The van der Waals surface area contributed by atoms with Crippen LogP contribution in [0.3, 0.4) is 0 Å². The van der Waals surface area contributed by atoms with Crippen molar-refractivity contribution in [2.45, 2.75) is 25.7 Å². The Morgan fingerprint density at radius 1 is 1.27 bits per heavy atom. The summed E-state index contributed by atoms with van der Waals surface area (Å²) in [6.07, 6.45) is 3.51. The van der Waals surface area contributed by atoms with E-state index in [4.69, 9.17) is 5.26 Å². The van der Waals surface area contributed by atoms with Crippen LogP contribution in [-0.4, -0.2) is 39.0 Å². The lowest BCUT2D eigenvalue weighted by Crippen LogP contribution is -2.32. The number of phenolic OH excluding ortho intramolecular Hbond substituents is 2. The topological polar surface area (TPSA) is 128 Å². The Hall–Kier alpha value is -2.82. The maximum atomic E-state index is 12.6. The minimum atomic E-state index is -0.998. The molecule has 1 fully saturated rings. The van der Waals surface area contributed by atoms with Gasteiger partial charge in [0.1, 0.15) is 11.6 Å². The molecule has 0 saturated carbocycles. The molecule has 0 aromatic heterocycles. The van der Waals surface area contributed by atoms with E-state index in [2.05, 4.69) is 0 Å². The van der Waals surface area contributed by atoms with Crippen molar-refractivity contribution in [2.24, 2.45) is 0 Å². The Bertz CT molecular complexity index is 657. The van der Waals surface area contributed by atoms with E-state index in [-0.39, 0.29) is 5.56 Å². The van der Waals surface area contributed by atoms with Gasteiger partial charge in [-0.2, -0.15) is 5.26 Å². The van der Waals surface area contributed by atoms with Crippen LogP contribution in [-0.2, 0) is 0 Å². The van der Waals surface area contributed by atoms with E-state index in [9.17, 15) is 25.1 Å². The second kappa shape index (κ2) is 6.30. The summed E-state index contributed by atoms with van der Waals surface area (Å²) in [4.78, 5) is 24.3. The monoisotopic (exact) mass is 305 g/mol. The van der Waals surface area contributed by atoms with E-state index in [0.29, 0.717) is 13.1 Å². The number of hydrogen-bond acceptors (Lipinski definition) is 6. The molecule has 8 nitrogen and oxygen atoms in total. The molecule has 0 radical (unpaired) electrons. The van der Waals surface area contributed by atoms with Gasteiger partial charge in [-0.15, -0.1) is 0 Å². The van der Waals surface area contributed by atoms with Gasteiger partial charge in [0.2, 0.25) is 5.75 Å². The molecule has 116 valence electrons. The molecule has 8 heteroatoms. The predicted octanol–water partition coefficient (Wildman–Crippen LogP) is 1.89. The summed E-state index contributed by atoms with van der Waals surface area (Å²) in [7, 11) is 0. The highest BCUT2D eigenvalue weighted by atomic mass is 16.6. The molecule has 0 aliphatic carbocycles. The Balaban J connectivity index is 2.57. The molecule has 1 aliphatic rings. The SMILES string of the molecule is N#Cc1cc(O)c(O)c([N+](=O)[O-])c1C(=O)N1CCCCCC1. The van der Waals surface area contributed by atoms with Crippen LogP contribution in [0.15, 0.2) is 6.07 Å². The fraction of sp³-hybridized carbons (Fsp3) is 0.429. The first-order valence-corrected chi connectivity index (χ1v) is 6.90. The summed E-state index contributed by atoms with van der Waals surface area (Å²) >= 11 is 0. The smallest absolute Gasteiger partial charge is 0.328 e. The molecule has 0 bridgehead atoms. The quantitative estimate of drug-likeness (QED) is 0.488. The number of phenols is 2. The Kier molecular flexibility index (Phi) is 4.46. The van der Waals surface area contributed by atoms with Crippen LogP contribution in [0.4, 0.5) is 5.69 Å². The molecule has 0 spiro atoms. The maximum Gasteiger partial charge on any atom is 0.328 e. The second-order valence-electron chi connectivity index (χ2n) is 5.09. The van der Waals surface area contributed by atoms with Crippen molar-refractivity contribution < 1.29 is 19.9 Å². The molecule has 22 heavy (non-hydrogen) atoms. The van der Waals surface area contributed by atoms with Gasteiger partial charge < -0.3 is 15.1 Å². The molecule has 0 unspecified atom stereocenters. The molecule has 1 saturated heterocycles. The number of nitro benzene ring substituents is 1. The van der Waals surface area contributed by atoms with Crippen LogP contribution in [0, 0.1) is 21.4 Å². The van der Waals surface area contributed by atoms with Crippen molar-refractivity contribution in [3.05, 3.63) is 27.3 Å². The predicted molar refractivity (Wildman–Crippen MR) is 75.5 cm³/mol. The maximum absolute atomic E-state index is 12.6. The number of carbonyl (C=O) groups is 1. The normalized spacial score (nSPS) is 15.0. The van der Waals surface area contributed by atoms with Crippen LogP contribution in [0.1, 0.15) is 41.6 Å². The summed E-state index contributed by atoms with van der Waals surface area (Å²) in [5.41, 5.74) is -1.72. The number of amides is 1. The van der Waals surface area contributed by atoms with E-state index in [1.807, 2.05) is 0 Å². The van der Waals surface area contributed by atoms with Gasteiger partial charge in [-0.25, -0.2) is 0 Å². The second-order valence-corrected chi connectivity index (χ2v) is 5.09. The van der Waals surface area contributed by atoms with Gasteiger partial charge >= 0.3 is 5.69 Å². The van der Waals surface area contributed by atoms with Crippen molar-refractivity contribution in [3.63, 3.8) is 0 Å². The number of benzene rings is 1. The molecular formula is C14H15N3O5. The standard InChI is InChI=1S/C14H15N3O5/c15-8-9-7-10(18)13(19)12(17(21)22)11(9)14(20)16-5-3-1-2-4-6-16/h7,18-19H,1-6H2. The molecule has 1 aromatic rings. The van der Waals surface area contributed by atoms with Crippen molar-refractivity contribution in [2.75, 3.05) is 13.1 Å². The fourth-order valence-corrected chi connectivity index (χ4v) is 2.56. The van der Waals surface area contributed by atoms with Crippen LogP contribution in [0.5, 0.6) is 11.5 Å². The van der Waals surface area contributed by atoms with E-state index in [1.165, 1.54) is 4.90 Å². The lowest BCUT2D eigenvalue weighted by molar-refractivity contribution is -0.386. The van der Waals surface area contributed by atoms with Crippen molar-refractivity contribution in [1.82, 2.24) is 4.90 Å². The average molecular weight is 305 g/mol. The first kappa shape index (κ1) is 15.6. The number of carbonyl (C=O) groups excluding carboxylic acids is 1. The number of nitro groups is 1. The van der Waals surface area contributed by atoms with Gasteiger partial charge in [0.05, 0.1) is 10.5 Å². The molecule has 0 atom stereocenters. The lowest BCUT2D eigenvalue weighted by atomic mass is 10.0. The van der Waals surface area contributed by atoms with Gasteiger partial charge in [0.25, 0.3) is 5.91 Å². The highest BCUT2D eigenvalue weighted by Gasteiger charge is 2.34. The van der Waals surface area contributed by atoms with Crippen molar-refractivity contribution in [3.8, 4) is 17.6 Å². The largest absolute Gasteiger partial charge is 0.504 e. The summed E-state index contributed by atoms with van der Waals surface area (Å²) in [6.45, 7) is 0.894. The highest BCUT2D eigenvalue weighted by Crippen LogP contribution is 2.40. The van der Waals surface area contributed by atoms with Gasteiger partial charge in [-0.05, 0) is 12.8 Å². The molecule has 1 amide bonds. The minimum Gasteiger partial charge on any atom is -0.504 e. The zero-order chi connectivity index (χ0) is 16.3. The summed E-state index contributed by atoms with van der Waals surface area (Å²) < 4.78 is 0. The van der Waals surface area contributed by atoms with Crippen LogP contribution in [0.2, 0.25) is 0 Å². The van der Waals surface area contributed by atoms with Crippen molar-refractivity contribution in [1.29, 1.82) is 5.26 Å². The summed E-state index contributed by atoms with van der Waals surface area (Å²) in [6, 6.07) is 2.54. The molecule has 1 aliphatic heterocycles.